The van der Waals surface area contributed by atoms with E-state index in [1.165, 1.54) is 4.90 Å². The van der Waals surface area contributed by atoms with Crippen LogP contribution in [0.4, 0.5) is 5.82 Å². The van der Waals surface area contributed by atoms with Crippen LogP contribution in [-0.2, 0) is 4.79 Å². The first-order valence-electron chi connectivity index (χ1n) is 7.17. The molecule has 6 nitrogen and oxygen atoms in total. The number of hydrogen-bond donors (Lipinski definition) is 1. The molecule has 0 radical (unpaired) electrons. The second-order valence-corrected chi connectivity index (χ2v) is 6.23. The summed E-state index contributed by atoms with van der Waals surface area (Å²) >= 11 is 3.37. The second-order valence-electron chi connectivity index (χ2n) is 5.38. The van der Waals surface area contributed by atoms with E-state index in [1.54, 1.807) is 31.2 Å². The molecule has 0 saturated carbocycles. The number of hydrogen-bond acceptors (Lipinski definition) is 4. The fraction of sp³-hybridized carbons (Fsp3) is 0.312. The Hall–Kier alpha value is -2.15. The van der Waals surface area contributed by atoms with E-state index in [4.69, 9.17) is 4.52 Å². The van der Waals surface area contributed by atoms with Crippen LogP contribution in [0.25, 0.3) is 0 Å². The molecule has 1 heterocycles. The number of nitrogens with one attached hydrogen (secondary N) is 1. The molecule has 1 N–H and O–H groups in total. The van der Waals surface area contributed by atoms with Crippen molar-refractivity contribution in [3.05, 3.63) is 46.1 Å². The molecular formula is C16H18BrN3O3. The lowest BCUT2D eigenvalue weighted by Gasteiger charge is -2.26. The van der Waals surface area contributed by atoms with E-state index < -0.39 is 0 Å². The zero-order chi connectivity index (χ0) is 17.0. The molecule has 23 heavy (non-hydrogen) atoms. The van der Waals surface area contributed by atoms with Crippen LogP contribution in [-0.4, -0.2) is 34.5 Å². The molecule has 2 aromatic rings. The standard InChI is InChI=1S/C16H18BrN3O3/c1-10(2)20(16(22)12-6-4-5-7-13(12)17)9-15(21)18-14-8-11(3)23-19-14/h4-8,10H,9H2,1-3H3,(H,18,19,21). The fourth-order valence-corrected chi connectivity index (χ4v) is 2.50. The topological polar surface area (TPSA) is 75.4 Å². The minimum atomic E-state index is -0.326. The van der Waals surface area contributed by atoms with Crippen LogP contribution in [0.2, 0.25) is 0 Å². The summed E-state index contributed by atoms with van der Waals surface area (Å²) in [7, 11) is 0. The van der Waals surface area contributed by atoms with Crippen molar-refractivity contribution in [3.63, 3.8) is 0 Å². The van der Waals surface area contributed by atoms with E-state index in [0.29, 0.717) is 21.6 Å². The molecule has 0 fully saturated rings. The van der Waals surface area contributed by atoms with Crippen molar-refractivity contribution in [1.82, 2.24) is 10.1 Å². The van der Waals surface area contributed by atoms with Gasteiger partial charge in [0.1, 0.15) is 12.3 Å². The summed E-state index contributed by atoms with van der Waals surface area (Å²) in [6, 6.07) is 8.63. The molecule has 7 heteroatoms. The average Bonchev–Trinajstić information content (AvgIpc) is 2.89. The van der Waals surface area contributed by atoms with Crippen LogP contribution < -0.4 is 5.32 Å². The smallest absolute Gasteiger partial charge is 0.255 e. The number of halogens is 1. The van der Waals surface area contributed by atoms with Gasteiger partial charge in [-0.15, -0.1) is 0 Å². The van der Waals surface area contributed by atoms with E-state index in [1.807, 2.05) is 19.9 Å². The van der Waals surface area contributed by atoms with Crippen molar-refractivity contribution in [1.29, 1.82) is 0 Å². The van der Waals surface area contributed by atoms with Crippen molar-refractivity contribution in [2.45, 2.75) is 26.8 Å². The molecule has 0 unspecified atom stereocenters. The van der Waals surface area contributed by atoms with Crippen LogP contribution in [0.5, 0.6) is 0 Å². The Labute approximate surface area is 143 Å². The number of carbonyl (C=O) groups is 2. The minimum Gasteiger partial charge on any atom is -0.360 e. The Kier molecular flexibility index (Phi) is 5.54. The molecule has 0 aliphatic rings. The van der Waals surface area contributed by atoms with E-state index in [9.17, 15) is 9.59 Å². The van der Waals surface area contributed by atoms with Gasteiger partial charge < -0.3 is 14.7 Å². The molecule has 0 aliphatic heterocycles. The van der Waals surface area contributed by atoms with E-state index in [0.717, 1.165) is 0 Å². The third-order valence-electron chi connectivity index (χ3n) is 3.20. The van der Waals surface area contributed by atoms with Crippen LogP contribution in [0, 0.1) is 6.92 Å². The lowest BCUT2D eigenvalue weighted by atomic mass is 10.1. The van der Waals surface area contributed by atoms with Gasteiger partial charge in [-0.1, -0.05) is 17.3 Å². The van der Waals surface area contributed by atoms with Gasteiger partial charge in [-0.2, -0.15) is 0 Å². The highest BCUT2D eigenvalue weighted by atomic mass is 79.9. The van der Waals surface area contributed by atoms with Gasteiger partial charge in [-0.05, 0) is 48.8 Å². The minimum absolute atomic E-state index is 0.0657. The third-order valence-corrected chi connectivity index (χ3v) is 3.89. The average molecular weight is 380 g/mol. The predicted octanol–water partition coefficient (Wildman–Crippen LogP) is 3.23. The Morgan fingerprint density at radius 2 is 2.04 bits per heavy atom. The summed E-state index contributed by atoms with van der Waals surface area (Å²) in [6.45, 7) is 5.40. The molecule has 0 atom stereocenters. The Bertz CT molecular complexity index is 712. The summed E-state index contributed by atoms with van der Waals surface area (Å²) in [5, 5.41) is 6.33. The van der Waals surface area contributed by atoms with Crippen molar-refractivity contribution < 1.29 is 14.1 Å². The normalized spacial score (nSPS) is 10.7. The highest BCUT2D eigenvalue weighted by Crippen LogP contribution is 2.19. The lowest BCUT2D eigenvalue weighted by molar-refractivity contribution is -0.117. The maximum absolute atomic E-state index is 12.7. The zero-order valence-corrected chi connectivity index (χ0v) is 14.8. The Morgan fingerprint density at radius 3 is 2.61 bits per heavy atom. The number of benzene rings is 1. The van der Waals surface area contributed by atoms with E-state index >= 15 is 0 Å². The van der Waals surface area contributed by atoms with Gasteiger partial charge in [0.05, 0.1) is 5.56 Å². The van der Waals surface area contributed by atoms with E-state index in [-0.39, 0.29) is 24.4 Å². The number of aryl methyl sites for hydroxylation is 1. The zero-order valence-electron chi connectivity index (χ0n) is 13.2. The third kappa shape index (κ3) is 4.41. The van der Waals surface area contributed by atoms with Crippen molar-refractivity contribution in [2.75, 3.05) is 11.9 Å². The molecule has 0 saturated heterocycles. The second kappa shape index (κ2) is 7.41. The molecule has 0 bridgehead atoms. The largest absolute Gasteiger partial charge is 0.360 e. The lowest BCUT2D eigenvalue weighted by Crippen LogP contribution is -2.42. The number of anilines is 1. The molecule has 1 aromatic heterocycles. The maximum atomic E-state index is 12.7. The SMILES string of the molecule is Cc1cc(NC(=O)CN(C(=O)c2ccccc2Br)C(C)C)no1. The van der Waals surface area contributed by atoms with Crippen LogP contribution in [0.1, 0.15) is 30.0 Å². The first-order valence-corrected chi connectivity index (χ1v) is 7.96. The molecule has 0 spiro atoms. The fourth-order valence-electron chi connectivity index (χ4n) is 2.04. The number of nitrogens with zero attached hydrogens (tertiary/aromatic N) is 2. The van der Waals surface area contributed by atoms with Crippen LogP contribution in [0.3, 0.4) is 0 Å². The van der Waals surface area contributed by atoms with Crippen molar-refractivity contribution in [2.24, 2.45) is 0 Å². The van der Waals surface area contributed by atoms with Crippen molar-refractivity contribution in [3.8, 4) is 0 Å². The quantitative estimate of drug-likeness (QED) is 0.864. The van der Waals surface area contributed by atoms with Crippen LogP contribution in [0.15, 0.2) is 39.3 Å². The summed E-state index contributed by atoms with van der Waals surface area (Å²) < 4.78 is 5.60. The summed E-state index contributed by atoms with van der Waals surface area (Å²) in [5.41, 5.74) is 0.520. The molecule has 0 aliphatic carbocycles. The predicted molar refractivity (Wildman–Crippen MR) is 90.2 cm³/mol. The summed E-state index contributed by atoms with van der Waals surface area (Å²) in [4.78, 5) is 26.3. The molecule has 2 amide bonds. The highest BCUT2D eigenvalue weighted by molar-refractivity contribution is 9.10. The first kappa shape index (κ1) is 17.2. The van der Waals surface area contributed by atoms with Gasteiger partial charge >= 0.3 is 0 Å². The molecule has 122 valence electrons. The van der Waals surface area contributed by atoms with Gasteiger partial charge in [0.15, 0.2) is 5.82 Å². The molecule has 1 aromatic carbocycles. The van der Waals surface area contributed by atoms with Gasteiger partial charge in [-0.25, -0.2) is 0 Å². The van der Waals surface area contributed by atoms with Gasteiger partial charge in [0.2, 0.25) is 5.91 Å². The Morgan fingerprint density at radius 1 is 1.35 bits per heavy atom. The molecule has 2 rings (SSSR count). The number of rotatable bonds is 5. The van der Waals surface area contributed by atoms with Gasteiger partial charge in [0, 0.05) is 16.6 Å². The summed E-state index contributed by atoms with van der Waals surface area (Å²) in [5.74, 6) is 0.404. The Balaban J connectivity index is 2.11. The van der Waals surface area contributed by atoms with Crippen molar-refractivity contribution >= 4 is 33.6 Å². The monoisotopic (exact) mass is 379 g/mol. The summed E-state index contributed by atoms with van der Waals surface area (Å²) in [6.07, 6.45) is 0. The van der Waals surface area contributed by atoms with Gasteiger partial charge in [-0.3, -0.25) is 9.59 Å². The van der Waals surface area contributed by atoms with Gasteiger partial charge in [0.25, 0.3) is 5.91 Å². The number of carbonyl (C=O) groups excluding carboxylic acids is 2. The maximum Gasteiger partial charge on any atom is 0.255 e. The molecular weight excluding hydrogens is 362 g/mol. The highest BCUT2D eigenvalue weighted by Gasteiger charge is 2.23. The van der Waals surface area contributed by atoms with E-state index in [2.05, 4.69) is 26.4 Å². The number of aromatic nitrogens is 1. The first-order chi connectivity index (χ1) is 10.9. The van der Waals surface area contributed by atoms with Crippen LogP contribution >= 0.6 is 15.9 Å². The number of amides is 2.